The summed E-state index contributed by atoms with van der Waals surface area (Å²) in [4.78, 5) is 6.29. The second-order valence-electron chi connectivity index (χ2n) is 7.17. The number of guanidine groups is 1. The molecule has 0 aromatic heterocycles. The maximum absolute atomic E-state index is 13.5. The smallest absolute Gasteiger partial charge is 0.193 e. The second-order valence-corrected chi connectivity index (χ2v) is 9.67. The van der Waals surface area contributed by atoms with Crippen LogP contribution in [-0.2, 0) is 16.4 Å². The van der Waals surface area contributed by atoms with Crippen molar-refractivity contribution in [2.75, 3.05) is 25.9 Å². The molecular weight excluding hydrogens is 484 g/mol. The van der Waals surface area contributed by atoms with Crippen molar-refractivity contribution >= 4 is 39.8 Å². The van der Waals surface area contributed by atoms with Crippen molar-refractivity contribution in [3.8, 4) is 5.75 Å². The Balaban J connectivity index is 0.00000261. The highest BCUT2D eigenvalue weighted by Gasteiger charge is 2.48. The summed E-state index contributed by atoms with van der Waals surface area (Å²) < 4.78 is 38.2. The van der Waals surface area contributed by atoms with Crippen LogP contribution < -0.4 is 5.32 Å². The molecule has 1 aliphatic carbocycles. The molecule has 0 amide bonds. The van der Waals surface area contributed by atoms with E-state index in [1.807, 2.05) is 4.90 Å². The van der Waals surface area contributed by atoms with Gasteiger partial charge in [-0.1, -0.05) is 25.3 Å². The Bertz CT molecular complexity index is 795. The maximum Gasteiger partial charge on any atom is 0.193 e. The van der Waals surface area contributed by atoms with Gasteiger partial charge in [0.05, 0.1) is 10.5 Å². The minimum atomic E-state index is -3.10. The number of nitrogens with zero attached hydrogens (tertiary/aromatic N) is 2. The van der Waals surface area contributed by atoms with E-state index in [1.54, 1.807) is 13.1 Å². The zero-order valence-electron chi connectivity index (χ0n) is 15.4. The third kappa shape index (κ3) is 4.67. The van der Waals surface area contributed by atoms with Crippen molar-refractivity contribution in [2.45, 2.75) is 43.4 Å². The van der Waals surface area contributed by atoms with Gasteiger partial charge in [0.15, 0.2) is 27.4 Å². The third-order valence-electron chi connectivity index (χ3n) is 5.51. The van der Waals surface area contributed by atoms with Crippen LogP contribution in [0.1, 0.15) is 37.7 Å². The summed E-state index contributed by atoms with van der Waals surface area (Å²) in [6.07, 6.45) is 4.42. The molecule has 2 N–H and O–H groups in total. The van der Waals surface area contributed by atoms with Crippen molar-refractivity contribution in [1.82, 2.24) is 10.2 Å². The Morgan fingerprint density at radius 3 is 2.67 bits per heavy atom. The predicted molar refractivity (Wildman–Crippen MR) is 115 cm³/mol. The lowest BCUT2D eigenvalue weighted by atomic mass is 9.87. The number of aromatic hydroxyl groups is 1. The number of benzene rings is 1. The van der Waals surface area contributed by atoms with E-state index >= 15 is 0 Å². The van der Waals surface area contributed by atoms with E-state index in [9.17, 15) is 17.9 Å². The van der Waals surface area contributed by atoms with Crippen LogP contribution in [0.2, 0.25) is 0 Å². The summed E-state index contributed by atoms with van der Waals surface area (Å²) in [5, 5.41) is 12.5. The van der Waals surface area contributed by atoms with Crippen LogP contribution in [-0.4, -0.2) is 55.0 Å². The first kappa shape index (κ1) is 22.2. The fourth-order valence-electron chi connectivity index (χ4n) is 3.99. The number of hydrogen-bond acceptors (Lipinski definition) is 4. The highest BCUT2D eigenvalue weighted by Crippen LogP contribution is 2.38. The number of hydrogen-bond donors (Lipinski definition) is 2. The second kappa shape index (κ2) is 8.93. The summed E-state index contributed by atoms with van der Waals surface area (Å²) >= 11 is 0. The lowest BCUT2D eigenvalue weighted by Gasteiger charge is -2.45. The van der Waals surface area contributed by atoms with Gasteiger partial charge < -0.3 is 15.3 Å². The molecular formula is C18H27FIN3O3S. The molecule has 152 valence electrons. The van der Waals surface area contributed by atoms with Gasteiger partial charge in [0.2, 0.25) is 0 Å². The van der Waals surface area contributed by atoms with E-state index in [-0.39, 0.29) is 35.5 Å². The van der Waals surface area contributed by atoms with Gasteiger partial charge >= 0.3 is 0 Å². The summed E-state index contributed by atoms with van der Waals surface area (Å²) in [6.45, 7) is 1.22. The van der Waals surface area contributed by atoms with E-state index in [2.05, 4.69) is 10.3 Å². The number of nitrogens with one attached hydrogen (secondary N) is 1. The van der Waals surface area contributed by atoms with E-state index in [0.717, 1.165) is 19.3 Å². The van der Waals surface area contributed by atoms with E-state index in [0.29, 0.717) is 44.0 Å². The number of phenolic OH excluding ortho intramolecular Hbond substituents is 1. The molecule has 0 bridgehead atoms. The summed E-state index contributed by atoms with van der Waals surface area (Å²) in [7, 11) is -1.44. The van der Waals surface area contributed by atoms with Gasteiger partial charge in [-0.2, -0.15) is 0 Å². The zero-order chi connectivity index (χ0) is 18.8. The maximum atomic E-state index is 13.5. The molecule has 27 heavy (non-hydrogen) atoms. The van der Waals surface area contributed by atoms with Gasteiger partial charge in [-0.15, -0.1) is 24.0 Å². The monoisotopic (exact) mass is 511 g/mol. The predicted octanol–water partition coefficient (Wildman–Crippen LogP) is 2.66. The van der Waals surface area contributed by atoms with E-state index in [1.165, 1.54) is 12.1 Å². The first-order valence-electron chi connectivity index (χ1n) is 9.02. The van der Waals surface area contributed by atoms with E-state index < -0.39 is 20.4 Å². The van der Waals surface area contributed by atoms with Crippen molar-refractivity contribution in [3.05, 3.63) is 29.6 Å². The first-order valence-corrected chi connectivity index (χ1v) is 10.7. The lowest BCUT2D eigenvalue weighted by Crippen LogP contribution is -2.60. The fraction of sp³-hybridized carbons (Fsp3) is 0.611. The van der Waals surface area contributed by atoms with Crippen LogP contribution in [0.15, 0.2) is 23.2 Å². The number of phenols is 1. The van der Waals surface area contributed by atoms with Gasteiger partial charge in [-0.05, 0) is 30.5 Å². The first-order chi connectivity index (χ1) is 12.4. The average molecular weight is 511 g/mol. The number of halogens is 2. The largest absolute Gasteiger partial charge is 0.505 e. The van der Waals surface area contributed by atoms with Crippen LogP contribution >= 0.6 is 24.0 Å². The van der Waals surface area contributed by atoms with Crippen LogP contribution in [0, 0.1) is 5.82 Å². The normalized spacial score (nSPS) is 21.6. The summed E-state index contributed by atoms with van der Waals surface area (Å²) in [5.74, 6) is -0.275. The van der Waals surface area contributed by atoms with Crippen molar-refractivity contribution in [2.24, 2.45) is 4.99 Å². The van der Waals surface area contributed by atoms with Crippen molar-refractivity contribution < 1.29 is 17.9 Å². The van der Waals surface area contributed by atoms with Gasteiger partial charge in [-0.25, -0.2) is 12.8 Å². The summed E-state index contributed by atoms with van der Waals surface area (Å²) in [5.41, 5.74) is 0.679. The Morgan fingerprint density at radius 2 is 2.04 bits per heavy atom. The standard InChI is InChI=1S/C18H26FN3O3S.HI/c1-20-17(21-12-14-5-6-16(23)15(19)11-14)22-9-10-26(24,25)18(13-22)7-3-2-4-8-18;/h5-6,11,23H,2-4,7-10,12-13H2,1H3,(H,20,21);1H. The van der Waals surface area contributed by atoms with Gasteiger partial charge in [0.1, 0.15) is 0 Å². The summed E-state index contributed by atoms with van der Waals surface area (Å²) in [6, 6.07) is 4.24. The molecule has 2 fully saturated rings. The van der Waals surface area contributed by atoms with Crippen molar-refractivity contribution in [1.29, 1.82) is 0 Å². The van der Waals surface area contributed by atoms with Gasteiger partial charge in [-0.3, -0.25) is 4.99 Å². The molecule has 2 aliphatic rings. The molecule has 3 rings (SSSR count). The quantitative estimate of drug-likeness (QED) is 0.363. The number of rotatable bonds is 2. The molecule has 9 heteroatoms. The number of aliphatic imine (C=N–C) groups is 1. The molecule has 1 spiro atoms. The molecule has 1 heterocycles. The molecule has 1 saturated carbocycles. The minimum absolute atomic E-state index is 0. The topological polar surface area (TPSA) is 82.0 Å². The van der Waals surface area contributed by atoms with Crippen molar-refractivity contribution in [3.63, 3.8) is 0 Å². The van der Waals surface area contributed by atoms with E-state index in [4.69, 9.17) is 0 Å². The van der Waals surface area contributed by atoms with Crippen LogP contribution in [0.5, 0.6) is 5.75 Å². The average Bonchev–Trinajstić information content (AvgIpc) is 2.62. The Hall–Kier alpha value is -1.10. The lowest BCUT2D eigenvalue weighted by molar-refractivity contribution is 0.274. The molecule has 1 aliphatic heterocycles. The molecule has 1 saturated heterocycles. The Morgan fingerprint density at radius 1 is 1.33 bits per heavy atom. The Labute approximate surface area is 177 Å². The highest BCUT2D eigenvalue weighted by molar-refractivity contribution is 14.0. The van der Waals surface area contributed by atoms with Gasteiger partial charge in [0.25, 0.3) is 0 Å². The number of sulfone groups is 1. The SMILES string of the molecule is CN=C(NCc1ccc(O)c(F)c1)N1CCS(=O)(=O)C2(CCCCC2)C1.I. The molecule has 6 nitrogen and oxygen atoms in total. The molecule has 1 aromatic carbocycles. The zero-order valence-corrected chi connectivity index (χ0v) is 18.6. The molecule has 0 atom stereocenters. The third-order valence-corrected chi connectivity index (χ3v) is 8.08. The minimum Gasteiger partial charge on any atom is -0.505 e. The highest BCUT2D eigenvalue weighted by atomic mass is 127. The van der Waals surface area contributed by atoms with Gasteiger partial charge in [0, 0.05) is 26.7 Å². The molecule has 0 radical (unpaired) electrons. The van der Waals surface area contributed by atoms with Crippen LogP contribution in [0.3, 0.4) is 0 Å². The van der Waals surface area contributed by atoms with Crippen LogP contribution in [0.25, 0.3) is 0 Å². The molecule has 0 unspecified atom stereocenters. The Kier molecular flexibility index (Phi) is 7.34. The van der Waals surface area contributed by atoms with Crippen LogP contribution in [0.4, 0.5) is 4.39 Å². The fourth-order valence-corrected chi connectivity index (χ4v) is 6.15. The molecule has 1 aromatic rings.